The van der Waals surface area contributed by atoms with Crippen LogP contribution in [0.5, 0.6) is 5.75 Å². The smallest absolute Gasteiger partial charge is 0.242 e. The normalized spacial score (nSPS) is 11.5. The van der Waals surface area contributed by atoms with Gasteiger partial charge in [0.05, 0.1) is 12.0 Å². The molecule has 0 saturated carbocycles. The maximum absolute atomic E-state index is 12.1. The van der Waals surface area contributed by atoms with E-state index >= 15 is 0 Å². The molecule has 0 bridgehead atoms. The lowest BCUT2D eigenvalue weighted by Crippen LogP contribution is -2.23. The predicted molar refractivity (Wildman–Crippen MR) is 114 cm³/mol. The fraction of sp³-hybridized carbons (Fsp3) is 0.286. The van der Waals surface area contributed by atoms with Crippen molar-refractivity contribution in [1.82, 2.24) is 19.8 Å². The number of ether oxygens (including phenoxy) is 1. The number of hydrogen-bond donors (Lipinski definition) is 1. The molecule has 9 nitrogen and oxygen atoms in total. The number of carbonyl (C=O) groups is 1. The van der Waals surface area contributed by atoms with Gasteiger partial charge in [-0.15, -0.1) is 0 Å². The average molecular weight is 445 g/mol. The van der Waals surface area contributed by atoms with Gasteiger partial charge in [-0.2, -0.15) is 4.98 Å². The van der Waals surface area contributed by atoms with E-state index in [0.29, 0.717) is 24.7 Å². The molecule has 3 aromatic rings. The van der Waals surface area contributed by atoms with Gasteiger partial charge in [0.2, 0.25) is 27.6 Å². The lowest BCUT2D eigenvalue weighted by Gasteiger charge is -2.11. The summed E-state index contributed by atoms with van der Waals surface area (Å²) < 4.78 is 35.7. The first-order chi connectivity index (χ1) is 14.8. The van der Waals surface area contributed by atoms with Gasteiger partial charge in [0.1, 0.15) is 5.75 Å². The predicted octanol–water partition coefficient (Wildman–Crippen LogP) is 2.24. The Morgan fingerprint density at radius 1 is 1.10 bits per heavy atom. The van der Waals surface area contributed by atoms with E-state index in [0.717, 1.165) is 21.2 Å². The van der Waals surface area contributed by atoms with Crippen molar-refractivity contribution in [2.45, 2.75) is 24.3 Å². The molecule has 31 heavy (non-hydrogen) atoms. The third-order valence-corrected chi connectivity index (χ3v) is 6.40. The van der Waals surface area contributed by atoms with Crippen LogP contribution >= 0.6 is 0 Å². The first kappa shape index (κ1) is 22.4. The number of benzene rings is 2. The molecule has 0 radical (unpaired) electrons. The second kappa shape index (κ2) is 9.71. The minimum atomic E-state index is -3.47. The number of hydrogen-bond acceptors (Lipinski definition) is 7. The minimum Gasteiger partial charge on any atom is -0.497 e. The lowest BCUT2D eigenvalue weighted by atomic mass is 10.2. The van der Waals surface area contributed by atoms with Crippen molar-refractivity contribution < 1.29 is 22.5 Å². The number of nitrogens with zero attached hydrogens (tertiary/aromatic N) is 3. The van der Waals surface area contributed by atoms with Gasteiger partial charge in [0, 0.05) is 39.0 Å². The average Bonchev–Trinajstić information content (AvgIpc) is 3.25. The van der Waals surface area contributed by atoms with Gasteiger partial charge < -0.3 is 14.6 Å². The van der Waals surface area contributed by atoms with Crippen molar-refractivity contribution in [1.29, 1.82) is 0 Å². The fourth-order valence-electron chi connectivity index (χ4n) is 2.71. The molecule has 1 aromatic heterocycles. The van der Waals surface area contributed by atoms with E-state index in [1.54, 1.807) is 31.4 Å². The van der Waals surface area contributed by atoms with Crippen LogP contribution in [0.4, 0.5) is 0 Å². The third-order valence-electron chi connectivity index (χ3n) is 4.57. The maximum Gasteiger partial charge on any atom is 0.242 e. The van der Waals surface area contributed by atoms with E-state index in [-0.39, 0.29) is 17.2 Å². The second-order valence-corrected chi connectivity index (χ2v) is 9.10. The Kier molecular flexibility index (Phi) is 7.03. The molecule has 2 aromatic carbocycles. The third kappa shape index (κ3) is 5.68. The zero-order valence-electron chi connectivity index (χ0n) is 17.5. The zero-order valence-corrected chi connectivity index (χ0v) is 18.3. The summed E-state index contributed by atoms with van der Waals surface area (Å²) in [4.78, 5) is 16.7. The molecule has 164 valence electrons. The molecule has 0 spiro atoms. The summed E-state index contributed by atoms with van der Waals surface area (Å²) in [7, 11) is 1.08. The quantitative estimate of drug-likeness (QED) is 0.538. The molecule has 1 N–H and O–H groups in total. The van der Waals surface area contributed by atoms with Crippen molar-refractivity contribution in [3.63, 3.8) is 0 Å². The van der Waals surface area contributed by atoms with Crippen LogP contribution in [0.2, 0.25) is 0 Å². The Morgan fingerprint density at radius 2 is 1.77 bits per heavy atom. The highest BCUT2D eigenvalue weighted by Gasteiger charge is 2.16. The van der Waals surface area contributed by atoms with Crippen LogP contribution < -0.4 is 10.1 Å². The Morgan fingerprint density at radius 3 is 2.39 bits per heavy atom. The number of aryl methyl sites for hydroxylation is 1. The van der Waals surface area contributed by atoms with E-state index in [4.69, 9.17) is 9.26 Å². The summed E-state index contributed by atoms with van der Waals surface area (Å²) in [6.45, 7) is 0.294. The maximum atomic E-state index is 12.1. The van der Waals surface area contributed by atoms with E-state index in [1.165, 1.54) is 26.2 Å². The zero-order chi connectivity index (χ0) is 22.4. The van der Waals surface area contributed by atoms with Gasteiger partial charge in [-0.05, 0) is 42.0 Å². The molecule has 0 atom stereocenters. The summed E-state index contributed by atoms with van der Waals surface area (Å²) in [5, 5.41) is 6.74. The van der Waals surface area contributed by atoms with Crippen LogP contribution in [-0.2, 0) is 27.8 Å². The number of sulfonamides is 1. The molecule has 0 saturated heterocycles. The van der Waals surface area contributed by atoms with E-state index < -0.39 is 10.0 Å². The van der Waals surface area contributed by atoms with Crippen LogP contribution in [0.1, 0.15) is 17.9 Å². The van der Waals surface area contributed by atoms with Crippen molar-refractivity contribution in [3.05, 3.63) is 60.0 Å². The molecular formula is C21H24N4O5S. The van der Waals surface area contributed by atoms with Crippen molar-refractivity contribution in [3.8, 4) is 17.1 Å². The number of amides is 1. The van der Waals surface area contributed by atoms with Crippen molar-refractivity contribution in [2.24, 2.45) is 0 Å². The molecule has 0 aliphatic carbocycles. The van der Waals surface area contributed by atoms with Gasteiger partial charge in [-0.1, -0.05) is 17.3 Å². The highest BCUT2D eigenvalue weighted by Crippen LogP contribution is 2.20. The Balaban J connectivity index is 1.49. The van der Waals surface area contributed by atoms with Gasteiger partial charge in [0.15, 0.2) is 0 Å². The highest BCUT2D eigenvalue weighted by molar-refractivity contribution is 7.89. The SMILES string of the molecule is COc1ccc(-c2noc(CCC(=O)NCc3ccc(S(=O)(=O)N(C)C)cc3)n2)cc1. The van der Waals surface area contributed by atoms with E-state index in [1.807, 2.05) is 12.1 Å². The summed E-state index contributed by atoms with van der Waals surface area (Å²) in [6, 6.07) is 13.7. The minimum absolute atomic E-state index is 0.172. The monoisotopic (exact) mass is 444 g/mol. The summed E-state index contributed by atoms with van der Waals surface area (Å²) in [5.41, 5.74) is 1.59. The first-order valence-corrected chi connectivity index (χ1v) is 11.0. The molecule has 10 heteroatoms. The standard InChI is InChI=1S/C21H24N4O5S/c1-25(2)31(27,28)18-10-4-15(5-11-18)14-22-19(26)12-13-20-23-21(24-30-20)16-6-8-17(29-3)9-7-16/h4-11H,12-14H2,1-3H3,(H,22,26). The van der Waals surface area contributed by atoms with Crippen LogP contribution in [0.25, 0.3) is 11.4 Å². The van der Waals surface area contributed by atoms with E-state index in [2.05, 4.69) is 15.5 Å². The molecule has 0 aliphatic heterocycles. The number of carbonyl (C=O) groups excluding carboxylic acids is 1. The van der Waals surface area contributed by atoms with Gasteiger partial charge in [0.25, 0.3) is 0 Å². The van der Waals surface area contributed by atoms with Gasteiger partial charge in [-0.25, -0.2) is 12.7 Å². The molecule has 1 heterocycles. The number of methoxy groups -OCH3 is 1. The molecule has 0 unspecified atom stereocenters. The number of aromatic nitrogens is 2. The highest BCUT2D eigenvalue weighted by atomic mass is 32.2. The van der Waals surface area contributed by atoms with Crippen LogP contribution in [0, 0.1) is 0 Å². The molecule has 1 amide bonds. The van der Waals surface area contributed by atoms with Crippen LogP contribution in [0.15, 0.2) is 57.9 Å². The molecule has 3 rings (SSSR count). The molecule has 0 aliphatic rings. The van der Waals surface area contributed by atoms with E-state index in [9.17, 15) is 13.2 Å². The molecular weight excluding hydrogens is 420 g/mol. The summed E-state index contributed by atoms with van der Waals surface area (Å²) in [5.74, 6) is 1.39. The number of rotatable bonds is 9. The fourth-order valence-corrected chi connectivity index (χ4v) is 3.62. The lowest BCUT2D eigenvalue weighted by molar-refractivity contribution is -0.121. The van der Waals surface area contributed by atoms with Gasteiger partial charge in [-0.3, -0.25) is 4.79 Å². The Hall–Kier alpha value is -3.24. The largest absolute Gasteiger partial charge is 0.497 e. The summed E-state index contributed by atoms with van der Waals surface area (Å²) in [6.07, 6.45) is 0.506. The number of nitrogens with one attached hydrogen (secondary N) is 1. The Bertz CT molecular complexity index is 1120. The van der Waals surface area contributed by atoms with Crippen molar-refractivity contribution >= 4 is 15.9 Å². The molecule has 0 fully saturated rings. The first-order valence-electron chi connectivity index (χ1n) is 9.55. The topological polar surface area (TPSA) is 115 Å². The Labute approximate surface area is 181 Å². The van der Waals surface area contributed by atoms with Crippen LogP contribution in [-0.4, -0.2) is 50.0 Å². The van der Waals surface area contributed by atoms with Crippen molar-refractivity contribution in [2.75, 3.05) is 21.2 Å². The van der Waals surface area contributed by atoms with Crippen LogP contribution in [0.3, 0.4) is 0 Å². The van der Waals surface area contributed by atoms with Gasteiger partial charge >= 0.3 is 0 Å². The summed E-state index contributed by atoms with van der Waals surface area (Å²) >= 11 is 0. The second-order valence-electron chi connectivity index (χ2n) is 6.95.